The molecule has 0 bridgehead atoms. The highest BCUT2D eigenvalue weighted by molar-refractivity contribution is 6.31. The lowest BCUT2D eigenvalue weighted by Gasteiger charge is -2.44. The molecule has 0 saturated heterocycles. The number of ether oxygens (including phenoxy) is 1. The zero-order valence-corrected chi connectivity index (χ0v) is 14.1. The van der Waals surface area contributed by atoms with Crippen LogP contribution in [0.5, 0.6) is 0 Å². The largest absolute Gasteiger partial charge is 0.374 e. The van der Waals surface area contributed by atoms with Gasteiger partial charge in [-0.1, -0.05) is 56.0 Å². The highest BCUT2D eigenvalue weighted by Gasteiger charge is 2.40. The van der Waals surface area contributed by atoms with Gasteiger partial charge in [0.25, 0.3) is 0 Å². The van der Waals surface area contributed by atoms with E-state index in [1.165, 1.54) is 24.8 Å². The molecule has 118 valence electrons. The zero-order chi connectivity index (χ0) is 15.1. The van der Waals surface area contributed by atoms with Crippen LogP contribution < -0.4 is 5.32 Å². The van der Waals surface area contributed by atoms with E-state index < -0.39 is 0 Å². The Morgan fingerprint density at radius 1 is 1.19 bits per heavy atom. The first-order valence-electron chi connectivity index (χ1n) is 8.32. The maximum Gasteiger partial charge on any atom is 0.0837 e. The van der Waals surface area contributed by atoms with E-state index in [0.29, 0.717) is 6.04 Å². The van der Waals surface area contributed by atoms with Crippen molar-refractivity contribution in [3.63, 3.8) is 0 Å². The second kappa shape index (κ2) is 8.17. The summed E-state index contributed by atoms with van der Waals surface area (Å²) in [5.41, 5.74) is 1.19. The average Bonchev–Trinajstić information content (AvgIpc) is 2.50. The number of benzene rings is 1. The zero-order valence-electron chi connectivity index (χ0n) is 13.3. The van der Waals surface area contributed by atoms with Crippen molar-refractivity contribution in [1.82, 2.24) is 5.32 Å². The lowest BCUT2D eigenvalue weighted by molar-refractivity contribution is -0.0894. The third-order valence-electron chi connectivity index (χ3n) is 4.60. The second-order valence-corrected chi connectivity index (χ2v) is 6.37. The maximum absolute atomic E-state index is 6.36. The van der Waals surface area contributed by atoms with Crippen LogP contribution in [0.3, 0.4) is 0 Å². The van der Waals surface area contributed by atoms with Gasteiger partial charge in [0.2, 0.25) is 0 Å². The minimum Gasteiger partial charge on any atom is -0.374 e. The lowest BCUT2D eigenvalue weighted by Crippen LogP contribution is -2.54. The van der Waals surface area contributed by atoms with Crippen LogP contribution in [0.2, 0.25) is 5.02 Å². The van der Waals surface area contributed by atoms with Crippen molar-refractivity contribution in [1.29, 1.82) is 0 Å². The predicted molar refractivity (Wildman–Crippen MR) is 90.1 cm³/mol. The van der Waals surface area contributed by atoms with Crippen LogP contribution in [-0.2, 0) is 11.2 Å². The van der Waals surface area contributed by atoms with Gasteiger partial charge in [-0.25, -0.2) is 0 Å². The Hall–Kier alpha value is -0.570. The van der Waals surface area contributed by atoms with E-state index in [9.17, 15) is 0 Å². The van der Waals surface area contributed by atoms with Crippen LogP contribution >= 0.6 is 11.6 Å². The molecule has 2 rings (SSSR count). The molecule has 0 spiro atoms. The van der Waals surface area contributed by atoms with Crippen molar-refractivity contribution in [3.05, 3.63) is 34.9 Å². The van der Waals surface area contributed by atoms with Crippen molar-refractivity contribution in [2.24, 2.45) is 0 Å². The highest BCUT2D eigenvalue weighted by Crippen LogP contribution is 2.36. The molecule has 1 aromatic rings. The lowest BCUT2D eigenvalue weighted by atomic mass is 9.77. The van der Waals surface area contributed by atoms with Gasteiger partial charge in [0.05, 0.1) is 5.60 Å². The Kier molecular flexibility index (Phi) is 6.53. The van der Waals surface area contributed by atoms with Crippen molar-refractivity contribution < 1.29 is 4.74 Å². The Bertz CT molecular complexity index is 423. The number of likely N-dealkylation sites (N-methyl/N-ethyl adjacent to an activating group) is 1. The predicted octanol–water partition coefficient (Wildman–Crippen LogP) is 4.60. The van der Waals surface area contributed by atoms with Crippen LogP contribution in [-0.4, -0.2) is 24.8 Å². The molecule has 1 aliphatic carbocycles. The molecule has 1 N–H and O–H groups in total. The Morgan fingerprint density at radius 3 is 2.52 bits per heavy atom. The van der Waals surface area contributed by atoms with Gasteiger partial charge in [-0.15, -0.1) is 0 Å². The first-order chi connectivity index (χ1) is 10.2. The van der Waals surface area contributed by atoms with Crippen LogP contribution in [0.25, 0.3) is 0 Å². The number of hydrogen-bond acceptors (Lipinski definition) is 2. The summed E-state index contributed by atoms with van der Waals surface area (Å²) in [6.45, 7) is 6.02. The molecule has 1 aromatic carbocycles. The molecule has 0 aromatic heterocycles. The van der Waals surface area contributed by atoms with E-state index >= 15 is 0 Å². The molecule has 1 atom stereocenters. The minimum atomic E-state index is -0.0256. The number of rotatable bonds is 7. The topological polar surface area (TPSA) is 21.3 Å². The Balaban J connectivity index is 2.21. The first-order valence-corrected chi connectivity index (χ1v) is 8.70. The fourth-order valence-corrected chi connectivity index (χ4v) is 3.82. The van der Waals surface area contributed by atoms with Gasteiger partial charge in [-0.2, -0.15) is 0 Å². The van der Waals surface area contributed by atoms with Crippen LogP contribution in [0.4, 0.5) is 0 Å². The highest BCUT2D eigenvalue weighted by atomic mass is 35.5. The summed E-state index contributed by atoms with van der Waals surface area (Å²) in [5, 5.41) is 4.53. The molecular weight excluding hydrogens is 282 g/mol. The third kappa shape index (κ3) is 4.21. The van der Waals surface area contributed by atoms with Crippen LogP contribution in [0.15, 0.2) is 24.3 Å². The Morgan fingerprint density at radius 2 is 1.90 bits per heavy atom. The van der Waals surface area contributed by atoms with E-state index in [1.54, 1.807) is 0 Å². The van der Waals surface area contributed by atoms with Gasteiger partial charge in [0.15, 0.2) is 0 Å². The first kappa shape index (κ1) is 16.8. The second-order valence-electron chi connectivity index (χ2n) is 5.96. The van der Waals surface area contributed by atoms with E-state index in [2.05, 4.69) is 31.3 Å². The van der Waals surface area contributed by atoms with Crippen molar-refractivity contribution in [2.45, 2.75) is 64.0 Å². The summed E-state index contributed by atoms with van der Waals surface area (Å²) >= 11 is 6.36. The monoisotopic (exact) mass is 309 g/mol. The van der Waals surface area contributed by atoms with Gasteiger partial charge in [-0.3, -0.25) is 0 Å². The Labute approximate surface area is 134 Å². The molecule has 1 fully saturated rings. The summed E-state index contributed by atoms with van der Waals surface area (Å²) in [5.74, 6) is 0. The van der Waals surface area contributed by atoms with Gasteiger partial charge in [0.1, 0.15) is 0 Å². The molecule has 3 heteroatoms. The molecule has 0 radical (unpaired) electrons. The number of nitrogens with one attached hydrogen (secondary N) is 1. The SMILES string of the molecule is CCNC(Cc1ccccc1Cl)C1(OCC)CCCCC1. The molecule has 1 aliphatic rings. The van der Waals surface area contributed by atoms with Gasteiger partial charge in [0, 0.05) is 17.7 Å². The van der Waals surface area contributed by atoms with Crippen LogP contribution in [0.1, 0.15) is 51.5 Å². The summed E-state index contributed by atoms with van der Waals surface area (Å²) in [4.78, 5) is 0. The third-order valence-corrected chi connectivity index (χ3v) is 4.97. The minimum absolute atomic E-state index is 0.0256. The summed E-state index contributed by atoms with van der Waals surface area (Å²) in [7, 11) is 0. The maximum atomic E-state index is 6.36. The van der Waals surface area contributed by atoms with Crippen molar-refractivity contribution in [3.8, 4) is 0 Å². The van der Waals surface area contributed by atoms with E-state index in [0.717, 1.165) is 37.4 Å². The van der Waals surface area contributed by atoms with Crippen molar-refractivity contribution >= 4 is 11.6 Å². The normalized spacial score (nSPS) is 19.4. The average molecular weight is 310 g/mol. The molecule has 0 aliphatic heterocycles. The van der Waals surface area contributed by atoms with E-state index in [-0.39, 0.29) is 5.60 Å². The van der Waals surface area contributed by atoms with Gasteiger partial charge < -0.3 is 10.1 Å². The molecule has 21 heavy (non-hydrogen) atoms. The fourth-order valence-electron chi connectivity index (χ4n) is 3.61. The quantitative estimate of drug-likeness (QED) is 0.794. The van der Waals surface area contributed by atoms with E-state index in [4.69, 9.17) is 16.3 Å². The van der Waals surface area contributed by atoms with E-state index in [1.807, 2.05) is 12.1 Å². The van der Waals surface area contributed by atoms with Crippen molar-refractivity contribution in [2.75, 3.05) is 13.2 Å². The molecular formula is C18H28ClNO. The number of halogens is 1. The summed E-state index contributed by atoms with van der Waals surface area (Å²) in [6.07, 6.45) is 7.12. The molecule has 2 nitrogen and oxygen atoms in total. The number of hydrogen-bond donors (Lipinski definition) is 1. The molecule has 1 unspecified atom stereocenters. The van der Waals surface area contributed by atoms with Gasteiger partial charge >= 0.3 is 0 Å². The van der Waals surface area contributed by atoms with Crippen LogP contribution in [0, 0.1) is 0 Å². The summed E-state index contributed by atoms with van der Waals surface area (Å²) < 4.78 is 6.29. The summed E-state index contributed by atoms with van der Waals surface area (Å²) in [6, 6.07) is 8.51. The molecule has 1 saturated carbocycles. The standard InChI is InChI=1S/C18H28ClNO/c1-3-20-17(14-15-10-6-7-11-16(15)19)18(21-4-2)12-8-5-9-13-18/h6-7,10-11,17,20H,3-5,8-9,12-14H2,1-2H3. The smallest absolute Gasteiger partial charge is 0.0837 e. The molecule has 0 heterocycles. The molecule has 0 amide bonds. The fraction of sp³-hybridized carbons (Fsp3) is 0.667. The van der Waals surface area contributed by atoms with Gasteiger partial charge in [-0.05, 0) is 44.4 Å².